The number of rotatable bonds is 10. The van der Waals surface area contributed by atoms with Gasteiger partial charge in [-0.05, 0) is 44.0 Å². The molecule has 9 heteroatoms. The summed E-state index contributed by atoms with van der Waals surface area (Å²) in [7, 11) is 3.24. The minimum Gasteiger partial charge on any atom is -0.497 e. The number of hydrogen-bond donors (Lipinski definition) is 1. The van der Waals surface area contributed by atoms with Gasteiger partial charge in [-0.3, -0.25) is 14.4 Å². The van der Waals surface area contributed by atoms with Crippen LogP contribution in [0.15, 0.2) is 49.6 Å². The van der Waals surface area contributed by atoms with E-state index in [2.05, 4.69) is 13.2 Å². The molecule has 3 heterocycles. The molecular formula is C27H35N3O6. The Bertz CT molecular complexity index is 1040. The maximum Gasteiger partial charge on any atom is 0.253 e. The van der Waals surface area contributed by atoms with Crippen LogP contribution < -0.4 is 9.64 Å². The number of methoxy groups -OCH3 is 1. The Morgan fingerprint density at radius 3 is 2.50 bits per heavy atom. The largest absolute Gasteiger partial charge is 0.497 e. The van der Waals surface area contributed by atoms with E-state index < -0.39 is 35.6 Å². The highest BCUT2D eigenvalue weighted by Gasteiger charge is 2.75. The average molecular weight is 498 g/mol. The van der Waals surface area contributed by atoms with Gasteiger partial charge < -0.3 is 29.3 Å². The minimum absolute atomic E-state index is 0.192. The van der Waals surface area contributed by atoms with Gasteiger partial charge in [0.25, 0.3) is 5.91 Å². The number of carbonyl (C=O) groups is 3. The second-order valence-electron chi connectivity index (χ2n) is 9.78. The lowest BCUT2D eigenvalue weighted by atomic mass is 9.70. The molecule has 3 amide bonds. The Kier molecular flexibility index (Phi) is 7.24. The molecule has 1 N–H and O–H groups in total. The lowest BCUT2D eigenvalue weighted by Crippen LogP contribution is -2.58. The van der Waals surface area contributed by atoms with Crippen LogP contribution in [-0.4, -0.2) is 90.3 Å². The molecular weight excluding hydrogens is 462 g/mol. The number of benzene rings is 1. The monoisotopic (exact) mass is 497 g/mol. The maximum atomic E-state index is 14.3. The molecule has 3 fully saturated rings. The third-order valence-electron chi connectivity index (χ3n) is 7.74. The second-order valence-corrected chi connectivity index (χ2v) is 9.78. The van der Waals surface area contributed by atoms with Crippen LogP contribution in [0.5, 0.6) is 5.75 Å². The van der Waals surface area contributed by atoms with Crippen LogP contribution in [0.3, 0.4) is 0 Å². The summed E-state index contributed by atoms with van der Waals surface area (Å²) >= 11 is 0. The number of hydrogen-bond acceptors (Lipinski definition) is 6. The highest BCUT2D eigenvalue weighted by Crippen LogP contribution is 2.59. The standard InChI is InChI=1S/C27H35N3O6/c1-6-14-28(4)24(32)21-20-12-13-27(36-20)22(21)25(33)30(17(3)16-31)23(27)26(34)29(15-7-2)18-8-10-19(35-5)11-9-18/h6-11,17,20-23,31H,1-2,12-16H2,3-5H3/t17-,20+,21-,22+,23?,27?/m1/s1. The fourth-order valence-electron chi connectivity index (χ4n) is 6.11. The number of nitrogens with zero attached hydrogens (tertiary/aromatic N) is 3. The SMILES string of the molecule is C=CCN(C)C(=O)[C@@H]1[C@@H]2CCC3(O2)C(C(=O)N(CC=C)c2ccc(OC)cc2)N([C@H](C)CO)C(=O)[C@H]13. The minimum atomic E-state index is -1.14. The van der Waals surface area contributed by atoms with Crippen molar-refractivity contribution in [1.82, 2.24) is 9.80 Å². The van der Waals surface area contributed by atoms with Gasteiger partial charge in [0.1, 0.15) is 17.4 Å². The first-order valence-corrected chi connectivity index (χ1v) is 12.3. The predicted molar refractivity (Wildman–Crippen MR) is 134 cm³/mol. The van der Waals surface area contributed by atoms with Gasteiger partial charge in [-0.1, -0.05) is 12.2 Å². The smallest absolute Gasteiger partial charge is 0.253 e. The van der Waals surface area contributed by atoms with Gasteiger partial charge in [-0.15, -0.1) is 13.2 Å². The molecule has 1 aromatic rings. The van der Waals surface area contributed by atoms with Crippen LogP contribution >= 0.6 is 0 Å². The molecule has 0 aliphatic carbocycles. The van der Waals surface area contributed by atoms with Crippen LogP contribution in [0.2, 0.25) is 0 Å². The summed E-state index contributed by atoms with van der Waals surface area (Å²) in [6.07, 6.45) is 3.88. The number of anilines is 1. The highest BCUT2D eigenvalue weighted by molar-refractivity contribution is 6.05. The lowest BCUT2D eigenvalue weighted by Gasteiger charge is -2.38. The van der Waals surface area contributed by atoms with Gasteiger partial charge in [0.2, 0.25) is 11.8 Å². The second kappa shape index (κ2) is 10.1. The molecule has 36 heavy (non-hydrogen) atoms. The molecule has 0 saturated carbocycles. The number of likely N-dealkylation sites (N-methyl/N-ethyl adjacent to an activating group) is 1. The van der Waals surface area contributed by atoms with E-state index in [1.54, 1.807) is 67.3 Å². The Morgan fingerprint density at radius 2 is 1.92 bits per heavy atom. The normalized spacial score (nSPS) is 29.0. The third-order valence-corrected chi connectivity index (χ3v) is 7.74. The van der Waals surface area contributed by atoms with E-state index in [0.29, 0.717) is 30.8 Å². The zero-order chi connectivity index (χ0) is 26.2. The van der Waals surface area contributed by atoms with Crippen molar-refractivity contribution < 1.29 is 29.0 Å². The molecule has 4 rings (SSSR count). The molecule has 9 nitrogen and oxygen atoms in total. The number of aliphatic hydroxyl groups is 1. The molecule has 3 aliphatic rings. The van der Waals surface area contributed by atoms with Crippen molar-refractivity contribution in [2.24, 2.45) is 11.8 Å². The van der Waals surface area contributed by atoms with E-state index in [0.717, 1.165) is 0 Å². The van der Waals surface area contributed by atoms with E-state index in [4.69, 9.17) is 9.47 Å². The number of likely N-dealkylation sites (tertiary alicyclic amines) is 1. The van der Waals surface area contributed by atoms with E-state index in [1.165, 1.54) is 4.90 Å². The van der Waals surface area contributed by atoms with Gasteiger partial charge in [-0.25, -0.2) is 0 Å². The average Bonchev–Trinajstić information content (AvgIpc) is 3.53. The van der Waals surface area contributed by atoms with Crippen LogP contribution in [0.1, 0.15) is 19.8 Å². The van der Waals surface area contributed by atoms with Gasteiger partial charge >= 0.3 is 0 Å². The Labute approximate surface area is 211 Å². The first-order valence-electron chi connectivity index (χ1n) is 12.3. The molecule has 3 aliphatic heterocycles. The topological polar surface area (TPSA) is 99.6 Å². The Balaban J connectivity index is 1.77. The summed E-state index contributed by atoms with van der Waals surface area (Å²) in [6, 6.07) is 5.46. The Hall–Kier alpha value is -3.17. The summed E-state index contributed by atoms with van der Waals surface area (Å²) in [4.78, 5) is 46.2. The summed E-state index contributed by atoms with van der Waals surface area (Å²) in [5, 5.41) is 10.0. The molecule has 1 spiro atoms. The molecule has 194 valence electrons. The zero-order valence-electron chi connectivity index (χ0n) is 21.1. The van der Waals surface area contributed by atoms with E-state index in [9.17, 15) is 19.5 Å². The number of fused-ring (bicyclic) bond motifs is 1. The first-order chi connectivity index (χ1) is 17.2. The summed E-state index contributed by atoms with van der Waals surface area (Å²) in [5.41, 5.74) is -0.515. The number of aliphatic hydroxyl groups excluding tert-OH is 1. The van der Waals surface area contributed by atoms with Gasteiger partial charge in [-0.2, -0.15) is 0 Å². The summed E-state index contributed by atoms with van der Waals surface area (Å²) in [5.74, 6) is -1.67. The fraction of sp³-hybridized carbons (Fsp3) is 0.519. The fourth-order valence-corrected chi connectivity index (χ4v) is 6.11. The van der Waals surface area contributed by atoms with Crippen molar-refractivity contribution in [2.45, 2.75) is 43.6 Å². The molecule has 2 unspecified atom stereocenters. The molecule has 3 saturated heterocycles. The third kappa shape index (κ3) is 3.90. The van der Waals surface area contributed by atoms with Crippen molar-refractivity contribution in [3.05, 3.63) is 49.6 Å². The summed E-state index contributed by atoms with van der Waals surface area (Å²) < 4.78 is 11.7. The first kappa shape index (κ1) is 25.9. The number of ether oxygens (including phenoxy) is 2. The molecule has 0 radical (unpaired) electrons. The number of carbonyl (C=O) groups excluding carboxylic acids is 3. The zero-order valence-corrected chi connectivity index (χ0v) is 21.1. The number of amides is 3. The van der Waals surface area contributed by atoms with Crippen molar-refractivity contribution >= 4 is 23.4 Å². The molecule has 1 aromatic carbocycles. The molecule has 0 aromatic heterocycles. The predicted octanol–water partition coefficient (Wildman–Crippen LogP) is 1.61. The van der Waals surface area contributed by atoms with Crippen molar-refractivity contribution in [3.8, 4) is 5.75 Å². The Morgan fingerprint density at radius 1 is 1.25 bits per heavy atom. The molecule has 6 atom stereocenters. The molecule has 2 bridgehead atoms. The van der Waals surface area contributed by atoms with E-state index in [-0.39, 0.29) is 30.9 Å². The van der Waals surface area contributed by atoms with Gasteiger partial charge in [0.05, 0.1) is 37.7 Å². The van der Waals surface area contributed by atoms with Crippen molar-refractivity contribution in [1.29, 1.82) is 0 Å². The maximum absolute atomic E-state index is 14.3. The summed E-state index contributed by atoms with van der Waals surface area (Å²) in [6.45, 7) is 9.46. The van der Waals surface area contributed by atoms with E-state index in [1.807, 2.05) is 0 Å². The van der Waals surface area contributed by atoms with Crippen LogP contribution in [0.25, 0.3) is 0 Å². The van der Waals surface area contributed by atoms with E-state index >= 15 is 0 Å². The van der Waals surface area contributed by atoms with Crippen molar-refractivity contribution in [3.63, 3.8) is 0 Å². The van der Waals surface area contributed by atoms with Gasteiger partial charge in [0, 0.05) is 25.8 Å². The highest BCUT2D eigenvalue weighted by atomic mass is 16.5. The van der Waals surface area contributed by atoms with Crippen molar-refractivity contribution in [2.75, 3.05) is 38.8 Å². The van der Waals surface area contributed by atoms with Gasteiger partial charge in [0.15, 0.2) is 0 Å². The van der Waals surface area contributed by atoms with Crippen LogP contribution in [0, 0.1) is 11.8 Å². The van der Waals surface area contributed by atoms with Crippen LogP contribution in [0.4, 0.5) is 5.69 Å². The lowest BCUT2D eigenvalue weighted by molar-refractivity contribution is -0.146. The quantitative estimate of drug-likeness (QED) is 0.493. The van der Waals surface area contributed by atoms with Crippen LogP contribution in [-0.2, 0) is 19.1 Å².